The molecule has 1 aliphatic carbocycles. The van der Waals surface area contributed by atoms with Gasteiger partial charge in [-0.3, -0.25) is 9.36 Å². The summed E-state index contributed by atoms with van der Waals surface area (Å²) in [5, 5.41) is 0. The fraction of sp³-hybridized carbons (Fsp3) is 0.250. The average molecular weight is 555 g/mol. The third kappa shape index (κ3) is 4.38. The first kappa shape index (κ1) is 26.0. The Morgan fingerprint density at radius 2 is 1.68 bits per heavy atom. The lowest BCUT2D eigenvalue weighted by Gasteiger charge is -2.31. The summed E-state index contributed by atoms with van der Waals surface area (Å²) < 4.78 is 24.7. The lowest BCUT2D eigenvalue weighted by Crippen LogP contribution is -2.38. The molecule has 4 aromatic rings. The highest BCUT2D eigenvalue weighted by atomic mass is 32.1. The van der Waals surface area contributed by atoms with Gasteiger partial charge in [0, 0.05) is 5.56 Å². The van der Waals surface area contributed by atoms with Crippen LogP contribution in [0.4, 0.5) is 0 Å². The molecule has 1 aromatic heterocycles. The first-order valence-corrected chi connectivity index (χ1v) is 14.0. The topological polar surface area (TPSA) is 71.3 Å². The highest BCUT2D eigenvalue weighted by molar-refractivity contribution is 7.07. The van der Waals surface area contributed by atoms with Crippen LogP contribution in [0.1, 0.15) is 41.6 Å². The maximum Gasteiger partial charge on any atom is 0.271 e. The molecular formula is C32H30N2O5S. The first-order chi connectivity index (χ1) is 19.6. The Bertz CT molecular complexity index is 1820. The molecule has 0 unspecified atom stereocenters. The summed E-state index contributed by atoms with van der Waals surface area (Å²) in [5.41, 5.74) is 6.21. The van der Waals surface area contributed by atoms with Crippen molar-refractivity contribution in [3.05, 3.63) is 108 Å². The Morgan fingerprint density at radius 3 is 2.45 bits per heavy atom. The Balaban J connectivity index is 1.57. The Hall–Kier alpha value is -4.30. The number of fused-ring (bicyclic) bond motifs is 3. The van der Waals surface area contributed by atoms with Crippen LogP contribution in [0.15, 0.2) is 76.0 Å². The Kier molecular flexibility index (Phi) is 6.94. The molecule has 0 fully saturated rings. The lowest BCUT2D eigenvalue weighted by molar-refractivity contribution is 0.311. The second-order valence-electron chi connectivity index (χ2n) is 9.57. The van der Waals surface area contributed by atoms with Gasteiger partial charge in [-0.1, -0.05) is 47.7 Å². The molecule has 0 amide bonds. The number of allylic oxidation sites excluding steroid dienone is 1. The molecule has 0 saturated heterocycles. The van der Waals surface area contributed by atoms with Crippen molar-refractivity contribution >= 4 is 23.1 Å². The van der Waals surface area contributed by atoms with Crippen LogP contribution >= 0.6 is 11.3 Å². The molecule has 0 spiro atoms. The molecule has 3 aromatic carbocycles. The smallest absolute Gasteiger partial charge is 0.271 e. The number of methoxy groups -OCH3 is 3. The number of aryl methyl sites for hydroxylation is 1. The van der Waals surface area contributed by atoms with Crippen LogP contribution in [0.25, 0.3) is 11.8 Å². The third-order valence-electron chi connectivity index (χ3n) is 7.38. The van der Waals surface area contributed by atoms with E-state index >= 15 is 0 Å². The number of ether oxygens (including phenoxy) is 4. The minimum Gasteiger partial charge on any atom is -0.493 e. The summed E-state index contributed by atoms with van der Waals surface area (Å²) in [7, 11) is 4.86. The van der Waals surface area contributed by atoms with Gasteiger partial charge in [0.1, 0.15) is 0 Å². The summed E-state index contributed by atoms with van der Waals surface area (Å²) in [6.45, 7) is 2.47. The molecular weight excluding hydrogens is 524 g/mol. The fourth-order valence-corrected chi connectivity index (χ4v) is 6.55. The first-order valence-electron chi connectivity index (χ1n) is 13.2. The van der Waals surface area contributed by atoms with E-state index in [1.807, 2.05) is 60.0 Å². The van der Waals surface area contributed by atoms with Crippen molar-refractivity contribution in [2.45, 2.75) is 25.8 Å². The summed E-state index contributed by atoms with van der Waals surface area (Å²) in [5.74, 6) is 2.56. The van der Waals surface area contributed by atoms with Crippen LogP contribution in [0, 0.1) is 0 Å². The number of nitrogens with zero attached hydrogens (tertiary/aromatic N) is 2. The molecule has 6 rings (SSSR count). The molecule has 1 aliphatic heterocycles. The zero-order chi connectivity index (χ0) is 27.8. The van der Waals surface area contributed by atoms with Crippen LogP contribution in [-0.4, -0.2) is 32.5 Å². The van der Waals surface area contributed by atoms with Gasteiger partial charge in [-0.15, -0.1) is 0 Å². The van der Waals surface area contributed by atoms with E-state index in [9.17, 15) is 4.79 Å². The lowest BCUT2D eigenvalue weighted by atomic mass is 9.83. The van der Waals surface area contributed by atoms with Gasteiger partial charge in [0.25, 0.3) is 5.56 Å². The summed E-state index contributed by atoms with van der Waals surface area (Å²) >= 11 is 1.40. The predicted octanol–water partition coefficient (Wildman–Crippen LogP) is 4.74. The normalized spacial score (nSPS) is 16.0. The van der Waals surface area contributed by atoms with Crippen LogP contribution in [0.2, 0.25) is 0 Å². The monoisotopic (exact) mass is 554 g/mol. The number of rotatable bonds is 7. The van der Waals surface area contributed by atoms with Gasteiger partial charge in [0.05, 0.1) is 44.2 Å². The number of aromatic nitrogens is 1. The molecule has 2 heterocycles. The minimum atomic E-state index is -0.309. The highest BCUT2D eigenvalue weighted by Gasteiger charge is 2.33. The van der Waals surface area contributed by atoms with Gasteiger partial charge in [-0.05, 0) is 72.4 Å². The van der Waals surface area contributed by atoms with Gasteiger partial charge in [0.15, 0.2) is 27.8 Å². The average Bonchev–Trinajstić information content (AvgIpc) is 3.30. The zero-order valence-corrected chi connectivity index (χ0v) is 23.7. The molecule has 0 saturated carbocycles. The van der Waals surface area contributed by atoms with E-state index in [0.29, 0.717) is 38.9 Å². The largest absolute Gasteiger partial charge is 0.493 e. The second kappa shape index (κ2) is 10.7. The number of benzene rings is 3. The number of hydrogen-bond acceptors (Lipinski definition) is 7. The van der Waals surface area contributed by atoms with Crippen molar-refractivity contribution in [2.75, 3.05) is 27.9 Å². The van der Waals surface area contributed by atoms with E-state index in [4.69, 9.17) is 23.9 Å². The number of thiazole rings is 1. The van der Waals surface area contributed by atoms with Crippen LogP contribution in [-0.2, 0) is 6.42 Å². The molecule has 1 atom stereocenters. The van der Waals surface area contributed by atoms with E-state index < -0.39 is 0 Å². The van der Waals surface area contributed by atoms with E-state index in [0.717, 1.165) is 40.8 Å². The molecule has 2 aliphatic rings. The Labute approximate surface area is 236 Å². The van der Waals surface area contributed by atoms with Gasteiger partial charge >= 0.3 is 0 Å². The molecule has 204 valence electrons. The van der Waals surface area contributed by atoms with Gasteiger partial charge < -0.3 is 18.9 Å². The minimum absolute atomic E-state index is 0.0817. The van der Waals surface area contributed by atoms with E-state index in [-0.39, 0.29) is 11.6 Å². The quantitative estimate of drug-likeness (QED) is 0.330. The van der Waals surface area contributed by atoms with Crippen molar-refractivity contribution in [1.29, 1.82) is 0 Å². The van der Waals surface area contributed by atoms with Crippen molar-refractivity contribution in [1.82, 2.24) is 4.57 Å². The predicted molar refractivity (Wildman–Crippen MR) is 156 cm³/mol. The maximum absolute atomic E-state index is 14.1. The van der Waals surface area contributed by atoms with Gasteiger partial charge in [0.2, 0.25) is 0 Å². The highest BCUT2D eigenvalue weighted by Crippen LogP contribution is 2.42. The van der Waals surface area contributed by atoms with E-state index in [1.165, 1.54) is 16.9 Å². The SMILES string of the molecule is CCOc1ccc(/C=c2\sc3n(c2=O)[C@@H](c2ccc(OC)c(OC)c2)C2=C(N=3)c3ccccc3CC2)cc1OC. The summed E-state index contributed by atoms with van der Waals surface area (Å²) in [6, 6.07) is 19.6. The molecule has 0 bridgehead atoms. The molecule has 7 nitrogen and oxygen atoms in total. The van der Waals surface area contributed by atoms with Crippen molar-refractivity contribution < 1.29 is 18.9 Å². The van der Waals surface area contributed by atoms with Gasteiger partial charge in [-0.2, -0.15) is 0 Å². The Morgan fingerprint density at radius 1 is 0.925 bits per heavy atom. The number of hydrogen-bond donors (Lipinski definition) is 0. The van der Waals surface area contributed by atoms with Crippen LogP contribution < -0.4 is 33.8 Å². The van der Waals surface area contributed by atoms with Crippen molar-refractivity contribution in [3.63, 3.8) is 0 Å². The van der Waals surface area contributed by atoms with Crippen LogP contribution in [0.3, 0.4) is 0 Å². The molecule has 8 heteroatoms. The second-order valence-corrected chi connectivity index (χ2v) is 10.6. The van der Waals surface area contributed by atoms with Gasteiger partial charge in [-0.25, -0.2) is 4.99 Å². The summed E-state index contributed by atoms with van der Waals surface area (Å²) in [4.78, 5) is 19.8. The van der Waals surface area contributed by atoms with E-state index in [1.54, 1.807) is 21.3 Å². The molecule has 0 radical (unpaired) electrons. The fourth-order valence-electron chi connectivity index (χ4n) is 5.55. The van der Waals surface area contributed by atoms with Crippen LogP contribution in [0.5, 0.6) is 23.0 Å². The maximum atomic E-state index is 14.1. The summed E-state index contributed by atoms with van der Waals surface area (Å²) in [6.07, 6.45) is 3.60. The van der Waals surface area contributed by atoms with Crippen molar-refractivity contribution in [2.24, 2.45) is 4.99 Å². The molecule has 0 N–H and O–H groups in total. The zero-order valence-electron chi connectivity index (χ0n) is 22.9. The third-order valence-corrected chi connectivity index (χ3v) is 8.36. The van der Waals surface area contributed by atoms with Crippen molar-refractivity contribution in [3.8, 4) is 23.0 Å². The standard InChI is InChI=1S/C32H30N2O5S/c1-5-39-25-14-10-19(16-26(25)37-3)17-28-31(35)34-30(21-12-15-24(36-2)27(18-21)38-4)23-13-11-20-8-6-7-9-22(20)29(23)33-32(34)40-28/h6-10,12,14-18,30H,5,11,13H2,1-4H3/b28-17-/t30-/m0/s1. The molecule has 40 heavy (non-hydrogen) atoms. The van der Waals surface area contributed by atoms with E-state index in [2.05, 4.69) is 18.2 Å².